The van der Waals surface area contributed by atoms with Gasteiger partial charge in [-0.1, -0.05) is 15.9 Å². The fourth-order valence-corrected chi connectivity index (χ4v) is 1.51. The Morgan fingerprint density at radius 2 is 2.29 bits per heavy atom. The molecule has 5 heteroatoms. The third-order valence-corrected chi connectivity index (χ3v) is 2.38. The molecule has 0 aliphatic heterocycles. The second kappa shape index (κ2) is 5.07. The highest BCUT2D eigenvalue weighted by molar-refractivity contribution is 9.10. The van der Waals surface area contributed by atoms with Crippen LogP contribution < -0.4 is 4.90 Å². The van der Waals surface area contributed by atoms with Crippen molar-refractivity contribution in [2.45, 2.75) is 0 Å². The van der Waals surface area contributed by atoms with Gasteiger partial charge in [0, 0.05) is 18.1 Å². The Morgan fingerprint density at radius 3 is 2.86 bits per heavy atom. The van der Waals surface area contributed by atoms with Crippen molar-refractivity contribution in [1.29, 1.82) is 0 Å². The Bertz CT molecular complexity index is 331. The van der Waals surface area contributed by atoms with Crippen LogP contribution in [-0.2, 0) is 0 Å². The van der Waals surface area contributed by atoms with Gasteiger partial charge in [-0.05, 0) is 23.4 Å². The number of benzene rings is 1. The molecule has 0 saturated heterocycles. The summed E-state index contributed by atoms with van der Waals surface area (Å²) < 4.78 is 0.813. The first kappa shape index (κ1) is 11.1. The van der Waals surface area contributed by atoms with Gasteiger partial charge in [0.2, 0.25) is 0 Å². The van der Waals surface area contributed by atoms with Gasteiger partial charge in [-0.3, -0.25) is 0 Å². The number of halogens is 1. The number of nitroso groups, excluding NO2 is 1. The van der Waals surface area contributed by atoms with Crippen molar-refractivity contribution >= 4 is 27.3 Å². The maximum atomic E-state index is 10.5. The van der Waals surface area contributed by atoms with Crippen molar-refractivity contribution in [3.8, 4) is 0 Å². The lowest BCUT2D eigenvalue weighted by Gasteiger charge is -2.18. The van der Waals surface area contributed by atoms with Crippen molar-refractivity contribution in [3.05, 3.63) is 27.6 Å². The average Bonchev–Trinajstić information content (AvgIpc) is 2.17. The van der Waals surface area contributed by atoms with Gasteiger partial charge in [0.05, 0.1) is 12.3 Å². The van der Waals surface area contributed by atoms with E-state index in [1.54, 1.807) is 24.1 Å². The molecular formula is C9H11BrN2O2. The number of likely N-dealkylation sites (N-methyl/N-ethyl adjacent to an activating group) is 1. The van der Waals surface area contributed by atoms with Crippen LogP contribution in [0, 0.1) is 4.91 Å². The molecule has 0 amide bonds. The molecule has 4 nitrogen and oxygen atoms in total. The van der Waals surface area contributed by atoms with Gasteiger partial charge < -0.3 is 10.0 Å². The van der Waals surface area contributed by atoms with E-state index in [4.69, 9.17) is 5.11 Å². The van der Waals surface area contributed by atoms with Crippen LogP contribution in [0.3, 0.4) is 0 Å². The molecule has 0 saturated carbocycles. The Hall–Kier alpha value is -0.940. The number of anilines is 1. The van der Waals surface area contributed by atoms with E-state index < -0.39 is 0 Å². The van der Waals surface area contributed by atoms with Crippen molar-refractivity contribution in [2.24, 2.45) is 5.18 Å². The van der Waals surface area contributed by atoms with Crippen LogP contribution in [0.4, 0.5) is 11.4 Å². The molecule has 0 spiro atoms. The van der Waals surface area contributed by atoms with Gasteiger partial charge in [-0.15, -0.1) is 4.91 Å². The van der Waals surface area contributed by atoms with Crippen LogP contribution in [0.5, 0.6) is 0 Å². The number of hydrogen-bond acceptors (Lipinski definition) is 4. The number of nitrogens with zero attached hydrogens (tertiary/aromatic N) is 2. The fraction of sp³-hybridized carbons (Fsp3) is 0.333. The predicted molar refractivity (Wildman–Crippen MR) is 60.0 cm³/mol. The zero-order valence-corrected chi connectivity index (χ0v) is 9.36. The summed E-state index contributed by atoms with van der Waals surface area (Å²) in [5, 5.41) is 11.7. The molecule has 0 heterocycles. The third-order valence-electron chi connectivity index (χ3n) is 1.88. The Labute approximate surface area is 90.6 Å². The summed E-state index contributed by atoms with van der Waals surface area (Å²) in [7, 11) is 1.80. The van der Waals surface area contributed by atoms with E-state index in [2.05, 4.69) is 21.1 Å². The van der Waals surface area contributed by atoms with E-state index in [0.29, 0.717) is 12.2 Å². The lowest BCUT2D eigenvalue weighted by Crippen LogP contribution is -2.21. The van der Waals surface area contributed by atoms with Gasteiger partial charge in [0.15, 0.2) is 0 Å². The number of rotatable bonds is 4. The van der Waals surface area contributed by atoms with Crippen LogP contribution in [0.25, 0.3) is 0 Å². The first-order chi connectivity index (χ1) is 6.69. The van der Waals surface area contributed by atoms with Crippen molar-refractivity contribution in [3.63, 3.8) is 0 Å². The van der Waals surface area contributed by atoms with Gasteiger partial charge in [0.1, 0.15) is 5.69 Å². The second-order valence-corrected chi connectivity index (χ2v) is 3.79. The molecule has 76 valence electrons. The molecule has 0 unspecified atom stereocenters. The molecule has 0 atom stereocenters. The molecule has 1 rings (SSSR count). The predicted octanol–water partition coefficient (Wildman–Crippen LogP) is 2.28. The van der Waals surface area contributed by atoms with Crippen LogP contribution in [-0.4, -0.2) is 25.3 Å². The summed E-state index contributed by atoms with van der Waals surface area (Å²) in [6, 6.07) is 5.27. The Balaban J connectivity index is 3.01. The first-order valence-electron chi connectivity index (χ1n) is 4.14. The van der Waals surface area contributed by atoms with Gasteiger partial charge in [-0.25, -0.2) is 0 Å². The Kier molecular flexibility index (Phi) is 4.03. The molecule has 0 bridgehead atoms. The summed E-state index contributed by atoms with van der Waals surface area (Å²) in [6.07, 6.45) is 0. The summed E-state index contributed by atoms with van der Waals surface area (Å²) in [5.74, 6) is 0. The fourth-order valence-electron chi connectivity index (χ4n) is 1.16. The molecule has 0 fully saturated rings. The minimum Gasteiger partial charge on any atom is -0.395 e. The third kappa shape index (κ3) is 2.52. The molecule has 0 aromatic heterocycles. The highest BCUT2D eigenvalue weighted by Crippen LogP contribution is 2.30. The van der Waals surface area contributed by atoms with Crippen LogP contribution in [0.1, 0.15) is 0 Å². The van der Waals surface area contributed by atoms with Crippen LogP contribution in [0.15, 0.2) is 27.8 Å². The topological polar surface area (TPSA) is 52.9 Å². The van der Waals surface area contributed by atoms with E-state index in [0.717, 1.165) is 10.2 Å². The normalized spacial score (nSPS) is 9.93. The number of aliphatic hydroxyl groups excluding tert-OH is 1. The summed E-state index contributed by atoms with van der Waals surface area (Å²) in [6.45, 7) is 0.523. The standard InChI is InChI=1S/C9H11BrN2O2/c1-12(4-5-13)9-3-2-7(10)6-8(9)11-14/h2-3,6,13H,4-5H2,1H3. The van der Waals surface area contributed by atoms with Gasteiger partial charge in [-0.2, -0.15) is 0 Å². The van der Waals surface area contributed by atoms with Gasteiger partial charge in [0.25, 0.3) is 0 Å². The first-order valence-corrected chi connectivity index (χ1v) is 4.93. The van der Waals surface area contributed by atoms with Crippen molar-refractivity contribution < 1.29 is 5.11 Å². The van der Waals surface area contributed by atoms with E-state index in [9.17, 15) is 4.91 Å². The summed E-state index contributed by atoms with van der Waals surface area (Å²) in [4.78, 5) is 12.3. The molecule has 1 aromatic carbocycles. The molecule has 0 aliphatic carbocycles. The van der Waals surface area contributed by atoms with E-state index in [1.807, 2.05) is 6.07 Å². The van der Waals surface area contributed by atoms with Crippen molar-refractivity contribution in [1.82, 2.24) is 0 Å². The minimum absolute atomic E-state index is 0.0465. The molecule has 1 N–H and O–H groups in total. The summed E-state index contributed by atoms with van der Waals surface area (Å²) >= 11 is 3.26. The lowest BCUT2D eigenvalue weighted by molar-refractivity contribution is 0.304. The highest BCUT2D eigenvalue weighted by atomic mass is 79.9. The van der Waals surface area contributed by atoms with Crippen molar-refractivity contribution in [2.75, 3.05) is 25.1 Å². The zero-order chi connectivity index (χ0) is 10.6. The maximum absolute atomic E-state index is 10.5. The number of aliphatic hydroxyl groups is 1. The highest BCUT2D eigenvalue weighted by Gasteiger charge is 2.07. The van der Waals surface area contributed by atoms with E-state index >= 15 is 0 Å². The van der Waals surface area contributed by atoms with Gasteiger partial charge >= 0.3 is 0 Å². The van der Waals surface area contributed by atoms with E-state index in [1.165, 1.54) is 0 Å². The maximum Gasteiger partial charge on any atom is 0.132 e. The SMILES string of the molecule is CN(CCO)c1ccc(Br)cc1N=O. The smallest absolute Gasteiger partial charge is 0.132 e. The largest absolute Gasteiger partial charge is 0.395 e. The van der Waals surface area contributed by atoms with Crippen LogP contribution >= 0.6 is 15.9 Å². The number of hydrogen-bond donors (Lipinski definition) is 1. The summed E-state index contributed by atoms with van der Waals surface area (Å²) in [5.41, 5.74) is 1.09. The van der Waals surface area contributed by atoms with Crippen LogP contribution in [0.2, 0.25) is 0 Å². The molecule has 1 aromatic rings. The molecule has 14 heavy (non-hydrogen) atoms. The van der Waals surface area contributed by atoms with E-state index in [-0.39, 0.29) is 6.61 Å². The minimum atomic E-state index is 0.0465. The monoisotopic (exact) mass is 258 g/mol. The molecule has 0 aliphatic rings. The zero-order valence-electron chi connectivity index (χ0n) is 7.77. The quantitative estimate of drug-likeness (QED) is 0.844. The second-order valence-electron chi connectivity index (χ2n) is 2.87. The lowest BCUT2D eigenvalue weighted by atomic mass is 10.2. The average molecular weight is 259 g/mol. The molecule has 0 radical (unpaired) electrons. The Morgan fingerprint density at radius 1 is 1.57 bits per heavy atom. The molecular weight excluding hydrogens is 248 g/mol.